The maximum absolute atomic E-state index is 10.6. The maximum atomic E-state index is 10.6. The molecule has 0 aliphatic carbocycles. The summed E-state index contributed by atoms with van der Waals surface area (Å²) in [6, 6.07) is 0. The molecule has 1 rings (SSSR count). The molecule has 0 spiro atoms. The number of nitrogens with zero attached hydrogens (tertiary/aromatic N) is 1. The number of carbonyl (C=O) groups excluding carboxylic acids is 2. The SMILES string of the molecule is Br.CN1CCNC(=O)C1=O. The first-order valence-electron chi connectivity index (χ1n) is 2.75. The minimum atomic E-state index is -0.497. The van der Waals surface area contributed by atoms with Gasteiger partial charge in [0.1, 0.15) is 0 Å². The van der Waals surface area contributed by atoms with Crippen molar-refractivity contribution in [2.75, 3.05) is 20.1 Å². The minimum absolute atomic E-state index is 0. The fourth-order valence-corrected chi connectivity index (χ4v) is 0.688. The quantitative estimate of drug-likeness (QED) is 0.528. The molecule has 1 aliphatic heterocycles. The molecular formula is C5H9BrN2O2. The van der Waals surface area contributed by atoms with Crippen molar-refractivity contribution >= 4 is 28.8 Å². The Bertz CT molecular complexity index is 160. The molecule has 1 fully saturated rings. The van der Waals surface area contributed by atoms with Crippen LogP contribution in [0.2, 0.25) is 0 Å². The van der Waals surface area contributed by atoms with Crippen molar-refractivity contribution in [3.05, 3.63) is 0 Å². The summed E-state index contributed by atoms with van der Waals surface area (Å²) in [6.45, 7) is 1.19. The molecule has 5 heteroatoms. The van der Waals surface area contributed by atoms with Gasteiger partial charge in [-0.05, 0) is 0 Å². The number of carbonyl (C=O) groups is 2. The Hall–Kier alpha value is -0.580. The minimum Gasteiger partial charge on any atom is -0.346 e. The molecule has 0 atom stereocenters. The summed E-state index contributed by atoms with van der Waals surface area (Å²) in [6.07, 6.45) is 0. The fraction of sp³-hybridized carbons (Fsp3) is 0.600. The van der Waals surface area contributed by atoms with E-state index in [2.05, 4.69) is 5.32 Å². The standard InChI is InChI=1S/C5H8N2O2.BrH/c1-7-3-2-6-4(8)5(7)9;/h2-3H2,1H3,(H,6,8);1H. The van der Waals surface area contributed by atoms with Gasteiger partial charge in [-0.3, -0.25) is 9.59 Å². The van der Waals surface area contributed by atoms with E-state index in [4.69, 9.17) is 0 Å². The van der Waals surface area contributed by atoms with E-state index >= 15 is 0 Å². The van der Waals surface area contributed by atoms with Crippen molar-refractivity contribution in [2.24, 2.45) is 0 Å². The second kappa shape index (κ2) is 3.55. The Labute approximate surface area is 69.3 Å². The topological polar surface area (TPSA) is 49.4 Å². The van der Waals surface area contributed by atoms with Crippen LogP contribution in [0.25, 0.3) is 0 Å². The van der Waals surface area contributed by atoms with Crippen LogP contribution < -0.4 is 5.32 Å². The predicted octanol–water partition coefficient (Wildman–Crippen LogP) is -0.848. The van der Waals surface area contributed by atoms with Crippen LogP contribution in [-0.2, 0) is 9.59 Å². The van der Waals surface area contributed by atoms with Gasteiger partial charge in [-0.25, -0.2) is 0 Å². The van der Waals surface area contributed by atoms with Gasteiger partial charge in [0.05, 0.1) is 0 Å². The van der Waals surface area contributed by atoms with Gasteiger partial charge in [-0.2, -0.15) is 0 Å². The van der Waals surface area contributed by atoms with Gasteiger partial charge >= 0.3 is 11.8 Å². The lowest BCUT2D eigenvalue weighted by Gasteiger charge is -2.21. The first-order valence-corrected chi connectivity index (χ1v) is 2.75. The lowest BCUT2D eigenvalue weighted by atomic mass is 10.4. The molecule has 0 aromatic carbocycles. The van der Waals surface area contributed by atoms with Gasteiger partial charge in [0.25, 0.3) is 0 Å². The van der Waals surface area contributed by atoms with Crippen molar-refractivity contribution in [3.8, 4) is 0 Å². The van der Waals surface area contributed by atoms with Gasteiger partial charge < -0.3 is 10.2 Å². The first kappa shape index (κ1) is 9.42. The van der Waals surface area contributed by atoms with Crippen LogP contribution in [0.15, 0.2) is 0 Å². The van der Waals surface area contributed by atoms with Gasteiger partial charge in [0.2, 0.25) is 0 Å². The van der Waals surface area contributed by atoms with Crippen molar-refractivity contribution in [1.82, 2.24) is 10.2 Å². The Balaban J connectivity index is 0.000000810. The summed E-state index contributed by atoms with van der Waals surface area (Å²) in [5.41, 5.74) is 0. The molecule has 0 radical (unpaired) electrons. The number of likely N-dealkylation sites (N-methyl/N-ethyl adjacent to an activating group) is 1. The molecule has 1 heterocycles. The summed E-state index contributed by atoms with van der Waals surface area (Å²) >= 11 is 0. The largest absolute Gasteiger partial charge is 0.346 e. The van der Waals surface area contributed by atoms with Crippen molar-refractivity contribution in [2.45, 2.75) is 0 Å². The summed E-state index contributed by atoms with van der Waals surface area (Å²) in [5.74, 6) is -0.940. The summed E-state index contributed by atoms with van der Waals surface area (Å²) in [7, 11) is 1.61. The van der Waals surface area contributed by atoms with Gasteiger partial charge in [-0.15, -0.1) is 17.0 Å². The van der Waals surface area contributed by atoms with Crippen LogP contribution in [-0.4, -0.2) is 36.9 Å². The third kappa shape index (κ3) is 1.70. The maximum Gasteiger partial charge on any atom is 0.311 e. The number of halogens is 1. The molecule has 1 saturated heterocycles. The van der Waals surface area contributed by atoms with Crippen molar-refractivity contribution in [3.63, 3.8) is 0 Å². The van der Waals surface area contributed by atoms with Crippen LogP contribution in [0.3, 0.4) is 0 Å². The summed E-state index contributed by atoms with van der Waals surface area (Å²) in [5, 5.41) is 2.43. The number of rotatable bonds is 0. The van der Waals surface area contributed by atoms with Crippen molar-refractivity contribution in [1.29, 1.82) is 0 Å². The second-order valence-corrected chi connectivity index (χ2v) is 1.98. The number of nitrogens with one attached hydrogen (secondary N) is 1. The van der Waals surface area contributed by atoms with Gasteiger partial charge in [-0.1, -0.05) is 0 Å². The van der Waals surface area contributed by atoms with Crippen molar-refractivity contribution < 1.29 is 9.59 Å². The Morgan fingerprint density at radius 1 is 1.50 bits per heavy atom. The van der Waals surface area contributed by atoms with Gasteiger partial charge in [0, 0.05) is 20.1 Å². The van der Waals surface area contributed by atoms with E-state index in [1.54, 1.807) is 7.05 Å². The van der Waals surface area contributed by atoms with Gasteiger partial charge in [0.15, 0.2) is 0 Å². The highest BCUT2D eigenvalue weighted by atomic mass is 79.9. The molecule has 0 saturated carbocycles. The molecule has 4 nitrogen and oxygen atoms in total. The highest BCUT2D eigenvalue weighted by Crippen LogP contribution is 1.88. The highest BCUT2D eigenvalue weighted by Gasteiger charge is 2.21. The normalized spacial score (nSPS) is 17.9. The number of piperazine rings is 1. The smallest absolute Gasteiger partial charge is 0.311 e. The Morgan fingerprint density at radius 2 is 2.10 bits per heavy atom. The average Bonchev–Trinajstić information content (AvgIpc) is 1.83. The molecule has 1 N–H and O–H groups in total. The molecule has 2 amide bonds. The van der Waals surface area contributed by atoms with Crippen LogP contribution in [0.5, 0.6) is 0 Å². The Morgan fingerprint density at radius 3 is 2.50 bits per heavy atom. The first-order chi connectivity index (χ1) is 4.22. The van der Waals surface area contributed by atoms with E-state index in [0.717, 1.165) is 0 Å². The molecule has 0 aromatic heterocycles. The summed E-state index contributed by atoms with van der Waals surface area (Å²) in [4.78, 5) is 22.5. The molecule has 0 aromatic rings. The van der Waals surface area contributed by atoms with Crippen LogP contribution in [0.1, 0.15) is 0 Å². The number of hydrogen-bond acceptors (Lipinski definition) is 2. The Kier molecular flexibility index (Phi) is 3.35. The van der Waals surface area contributed by atoms with E-state index in [-0.39, 0.29) is 17.0 Å². The molecule has 10 heavy (non-hydrogen) atoms. The second-order valence-electron chi connectivity index (χ2n) is 1.98. The third-order valence-corrected chi connectivity index (χ3v) is 1.27. The average molecular weight is 209 g/mol. The zero-order valence-electron chi connectivity index (χ0n) is 5.59. The van der Waals surface area contributed by atoms with Crippen LogP contribution in [0, 0.1) is 0 Å². The molecular weight excluding hydrogens is 200 g/mol. The molecule has 58 valence electrons. The van der Waals surface area contributed by atoms with Crippen LogP contribution >= 0.6 is 17.0 Å². The van der Waals surface area contributed by atoms with E-state index < -0.39 is 11.8 Å². The highest BCUT2D eigenvalue weighted by molar-refractivity contribution is 8.93. The number of hydrogen-bond donors (Lipinski definition) is 1. The lowest BCUT2D eigenvalue weighted by Crippen LogP contribution is -2.50. The monoisotopic (exact) mass is 208 g/mol. The zero-order chi connectivity index (χ0) is 6.85. The fourth-order valence-electron chi connectivity index (χ4n) is 0.688. The van der Waals surface area contributed by atoms with E-state index in [9.17, 15) is 9.59 Å². The molecule has 0 unspecified atom stereocenters. The molecule has 1 aliphatic rings. The van der Waals surface area contributed by atoms with E-state index in [1.807, 2.05) is 0 Å². The predicted molar refractivity (Wildman–Crippen MR) is 41.0 cm³/mol. The number of amides is 2. The van der Waals surface area contributed by atoms with Crippen LogP contribution in [0.4, 0.5) is 0 Å². The zero-order valence-corrected chi connectivity index (χ0v) is 7.30. The molecule has 0 bridgehead atoms. The van der Waals surface area contributed by atoms with E-state index in [0.29, 0.717) is 13.1 Å². The van der Waals surface area contributed by atoms with E-state index in [1.165, 1.54) is 4.90 Å². The lowest BCUT2D eigenvalue weighted by molar-refractivity contribution is -0.147. The third-order valence-electron chi connectivity index (χ3n) is 1.27. The summed E-state index contributed by atoms with van der Waals surface area (Å²) < 4.78 is 0.